The maximum Gasteiger partial charge on any atom is 0.410 e. The highest BCUT2D eigenvalue weighted by Gasteiger charge is 2.33. The summed E-state index contributed by atoms with van der Waals surface area (Å²) in [7, 11) is 6.72. The van der Waals surface area contributed by atoms with Crippen LogP contribution in [0.1, 0.15) is 61.3 Å². The molecule has 0 aliphatic rings. The summed E-state index contributed by atoms with van der Waals surface area (Å²) in [5.41, 5.74) is -0.556. The molecule has 228 valence electrons. The van der Waals surface area contributed by atoms with Gasteiger partial charge < -0.3 is 34.1 Å². The number of nitrogens with one attached hydrogen (secondary N) is 1. The van der Waals surface area contributed by atoms with E-state index in [1.165, 1.54) is 12.0 Å². The van der Waals surface area contributed by atoms with E-state index >= 15 is 0 Å². The SMILES string of the molecule is CCC(C)C(C(CC=O)OC)N(C)C(=O)CNC(=O)C(C(C)C)N(C)CCOCCN(C)C(=O)OC(C)(C)C. The molecule has 0 aromatic carbocycles. The summed E-state index contributed by atoms with van der Waals surface area (Å²) < 4.78 is 16.5. The van der Waals surface area contributed by atoms with Crippen LogP contribution in [0.2, 0.25) is 0 Å². The normalized spacial score (nSPS) is 14.9. The third-order valence-electron chi connectivity index (χ3n) is 6.73. The molecule has 0 rings (SSSR count). The van der Waals surface area contributed by atoms with Crippen molar-refractivity contribution in [3.8, 4) is 0 Å². The maximum absolute atomic E-state index is 13.1. The summed E-state index contributed by atoms with van der Waals surface area (Å²) in [5, 5.41) is 2.79. The van der Waals surface area contributed by atoms with Crippen molar-refractivity contribution in [1.29, 1.82) is 0 Å². The minimum Gasteiger partial charge on any atom is -0.444 e. The van der Waals surface area contributed by atoms with E-state index in [0.29, 0.717) is 26.3 Å². The van der Waals surface area contributed by atoms with E-state index in [4.69, 9.17) is 14.2 Å². The molecular weight excluding hydrogens is 504 g/mol. The first-order chi connectivity index (χ1) is 18.1. The van der Waals surface area contributed by atoms with Crippen LogP contribution in [0, 0.1) is 11.8 Å². The molecule has 0 aliphatic heterocycles. The monoisotopic (exact) mass is 558 g/mol. The standard InChI is InChI=1S/C28H54N4O7/c1-12-21(4)25(22(37-11)13-16-33)32(10)23(34)19-29-26(35)24(20(2)3)30(8)14-17-38-18-15-31(9)27(36)39-28(5,6)7/h16,20-22,24-25H,12-15,17-19H2,1-11H3,(H,29,35). The van der Waals surface area contributed by atoms with Crippen molar-refractivity contribution >= 4 is 24.2 Å². The van der Waals surface area contributed by atoms with Gasteiger partial charge in [-0.1, -0.05) is 34.1 Å². The number of likely N-dealkylation sites (N-methyl/N-ethyl adjacent to an activating group) is 3. The highest BCUT2D eigenvalue weighted by molar-refractivity contribution is 5.87. The second-order valence-electron chi connectivity index (χ2n) is 11.5. The number of carbonyl (C=O) groups excluding carboxylic acids is 4. The lowest BCUT2D eigenvalue weighted by Gasteiger charge is -2.37. The van der Waals surface area contributed by atoms with Gasteiger partial charge >= 0.3 is 6.09 Å². The van der Waals surface area contributed by atoms with Crippen LogP contribution >= 0.6 is 0 Å². The molecule has 4 atom stereocenters. The Kier molecular flexibility index (Phi) is 17.1. The van der Waals surface area contributed by atoms with Gasteiger partial charge in [-0.2, -0.15) is 0 Å². The van der Waals surface area contributed by atoms with Gasteiger partial charge in [0.25, 0.3) is 0 Å². The second-order valence-corrected chi connectivity index (χ2v) is 11.5. The van der Waals surface area contributed by atoms with Gasteiger partial charge in [-0.3, -0.25) is 14.5 Å². The highest BCUT2D eigenvalue weighted by atomic mass is 16.6. The van der Waals surface area contributed by atoms with Crippen molar-refractivity contribution in [2.45, 2.75) is 85.1 Å². The molecule has 0 aromatic heterocycles. The fourth-order valence-electron chi connectivity index (χ4n) is 4.36. The molecule has 39 heavy (non-hydrogen) atoms. The first-order valence-corrected chi connectivity index (χ1v) is 13.8. The van der Waals surface area contributed by atoms with Crippen LogP contribution in [0.3, 0.4) is 0 Å². The summed E-state index contributed by atoms with van der Waals surface area (Å²) in [6, 6.07) is -0.743. The van der Waals surface area contributed by atoms with Crippen molar-refractivity contribution in [2.24, 2.45) is 11.8 Å². The zero-order valence-corrected chi connectivity index (χ0v) is 26.1. The minimum atomic E-state index is -0.556. The molecule has 0 saturated carbocycles. The maximum atomic E-state index is 13.1. The molecule has 0 fully saturated rings. The predicted molar refractivity (Wildman–Crippen MR) is 151 cm³/mol. The van der Waals surface area contributed by atoms with Crippen LogP contribution in [-0.2, 0) is 28.6 Å². The molecule has 0 spiro atoms. The number of ether oxygens (including phenoxy) is 3. The summed E-state index contributed by atoms with van der Waals surface area (Å²) in [6.07, 6.45) is 0.982. The fourth-order valence-corrected chi connectivity index (χ4v) is 4.36. The Morgan fingerprint density at radius 2 is 1.59 bits per heavy atom. The summed E-state index contributed by atoms with van der Waals surface area (Å²) in [6.45, 7) is 14.8. The molecule has 3 amide bonds. The summed E-state index contributed by atoms with van der Waals surface area (Å²) in [4.78, 5) is 54.2. The Labute approximate surface area is 235 Å². The molecule has 11 heteroatoms. The van der Waals surface area contributed by atoms with Gasteiger partial charge in [0, 0.05) is 40.7 Å². The number of nitrogens with zero attached hydrogens (tertiary/aromatic N) is 3. The number of hydrogen-bond acceptors (Lipinski definition) is 8. The third kappa shape index (κ3) is 13.6. The van der Waals surface area contributed by atoms with Gasteiger partial charge in [0.1, 0.15) is 11.9 Å². The Morgan fingerprint density at radius 3 is 2.08 bits per heavy atom. The third-order valence-corrected chi connectivity index (χ3v) is 6.73. The van der Waals surface area contributed by atoms with Gasteiger partial charge in [-0.15, -0.1) is 0 Å². The lowest BCUT2D eigenvalue weighted by Crippen LogP contribution is -2.54. The number of rotatable bonds is 18. The van der Waals surface area contributed by atoms with E-state index in [1.54, 1.807) is 19.0 Å². The van der Waals surface area contributed by atoms with Crippen LogP contribution in [0.4, 0.5) is 4.79 Å². The van der Waals surface area contributed by atoms with Gasteiger partial charge in [0.15, 0.2) is 0 Å². The van der Waals surface area contributed by atoms with Gasteiger partial charge in [-0.05, 0) is 39.7 Å². The van der Waals surface area contributed by atoms with E-state index < -0.39 is 23.8 Å². The predicted octanol–water partition coefficient (Wildman–Crippen LogP) is 2.42. The second kappa shape index (κ2) is 18.2. The zero-order chi connectivity index (χ0) is 30.3. The summed E-state index contributed by atoms with van der Waals surface area (Å²) >= 11 is 0. The number of hydrogen-bond donors (Lipinski definition) is 1. The van der Waals surface area contributed by atoms with Crippen LogP contribution in [0.25, 0.3) is 0 Å². The fraction of sp³-hybridized carbons (Fsp3) is 0.857. The number of aldehydes is 1. The van der Waals surface area contributed by atoms with E-state index in [2.05, 4.69) is 5.32 Å². The van der Waals surface area contributed by atoms with Gasteiger partial charge in [-0.25, -0.2) is 4.79 Å². The number of amides is 3. The van der Waals surface area contributed by atoms with Crippen molar-refractivity contribution in [1.82, 2.24) is 20.0 Å². The molecule has 11 nitrogen and oxygen atoms in total. The highest BCUT2D eigenvalue weighted by Crippen LogP contribution is 2.21. The van der Waals surface area contributed by atoms with E-state index in [0.717, 1.165) is 12.7 Å². The smallest absolute Gasteiger partial charge is 0.410 e. The quantitative estimate of drug-likeness (QED) is 0.201. The Hall–Kier alpha value is -2.24. The molecule has 0 bridgehead atoms. The Balaban J connectivity index is 4.89. The largest absolute Gasteiger partial charge is 0.444 e. The molecule has 0 heterocycles. The molecule has 0 aliphatic carbocycles. The topological polar surface area (TPSA) is 118 Å². The lowest BCUT2D eigenvalue weighted by molar-refractivity contribution is -0.139. The van der Waals surface area contributed by atoms with Crippen molar-refractivity contribution in [3.05, 3.63) is 0 Å². The Morgan fingerprint density at radius 1 is 1.00 bits per heavy atom. The van der Waals surface area contributed by atoms with Crippen molar-refractivity contribution in [3.63, 3.8) is 0 Å². The van der Waals surface area contributed by atoms with Crippen molar-refractivity contribution in [2.75, 3.05) is 61.1 Å². The van der Waals surface area contributed by atoms with E-state index in [9.17, 15) is 19.2 Å². The molecule has 0 saturated heterocycles. The van der Waals surface area contributed by atoms with Gasteiger partial charge in [0.2, 0.25) is 11.8 Å². The van der Waals surface area contributed by atoms with Crippen LogP contribution in [-0.4, -0.2) is 124 Å². The first kappa shape index (κ1) is 36.8. The van der Waals surface area contributed by atoms with Crippen molar-refractivity contribution < 1.29 is 33.4 Å². The van der Waals surface area contributed by atoms with Crippen LogP contribution < -0.4 is 5.32 Å². The van der Waals surface area contributed by atoms with E-state index in [-0.39, 0.29) is 42.7 Å². The molecule has 1 N–H and O–H groups in total. The molecule has 4 unspecified atom stereocenters. The van der Waals surface area contributed by atoms with Crippen LogP contribution in [0.5, 0.6) is 0 Å². The van der Waals surface area contributed by atoms with Gasteiger partial charge in [0.05, 0.1) is 37.9 Å². The number of methoxy groups -OCH3 is 1. The molecule has 0 radical (unpaired) electrons. The lowest BCUT2D eigenvalue weighted by atomic mass is 9.91. The van der Waals surface area contributed by atoms with E-state index in [1.807, 2.05) is 60.4 Å². The first-order valence-electron chi connectivity index (χ1n) is 13.8. The number of carbonyl (C=O) groups is 4. The average Bonchev–Trinajstić information content (AvgIpc) is 2.84. The molecular formula is C28H54N4O7. The minimum absolute atomic E-state index is 0.000501. The molecule has 0 aromatic rings. The average molecular weight is 559 g/mol. The van der Waals surface area contributed by atoms with Crippen LogP contribution in [0.15, 0.2) is 0 Å². The summed E-state index contributed by atoms with van der Waals surface area (Å²) in [5.74, 6) is -0.378. The Bertz CT molecular complexity index is 757. The zero-order valence-electron chi connectivity index (χ0n) is 26.1.